The molecule has 0 aliphatic carbocycles. The first-order valence-electron chi connectivity index (χ1n) is 6.39. The van der Waals surface area contributed by atoms with Crippen molar-refractivity contribution in [1.29, 1.82) is 0 Å². The third kappa shape index (κ3) is 3.58. The number of nitrogens with one attached hydrogen (secondary N) is 1. The molecule has 0 saturated carbocycles. The van der Waals surface area contributed by atoms with Gasteiger partial charge in [-0.15, -0.1) is 0 Å². The van der Waals surface area contributed by atoms with Crippen molar-refractivity contribution in [2.24, 2.45) is 0 Å². The third-order valence-electron chi connectivity index (χ3n) is 3.30. The predicted octanol–water partition coefficient (Wildman–Crippen LogP) is 4.10. The van der Waals surface area contributed by atoms with Crippen LogP contribution in [0.2, 0.25) is 0 Å². The Morgan fingerprint density at radius 2 is 1.90 bits per heavy atom. The van der Waals surface area contributed by atoms with Gasteiger partial charge in [0.25, 0.3) is 0 Å². The van der Waals surface area contributed by atoms with E-state index in [1.165, 1.54) is 12.1 Å². The van der Waals surface area contributed by atoms with Crippen LogP contribution in [0.1, 0.15) is 17.2 Å². The summed E-state index contributed by atoms with van der Waals surface area (Å²) in [7, 11) is 3.56. The summed E-state index contributed by atoms with van der Waals surface area (Å²) < 4.78 is 19.3. The Morgan fingerprint density at radius 1 is 1.20 bits per heavy atom. The van der Waals surface area contributed by atoms with E-state index in [2.05, 4.69) is 21.2 Å². The number of ether oxygens (including phenoxy) is 1. The molecule has 0 aromatic heterocycles. The lowest BCUT2D eigenvalue weighted by molar-refractivity contribution is 0.414. The molecule has 0 spiro atoms. The molecule has 0 aliphatic rings. The zero-order valence-electron chi connectivity index (χ0n) is 11.5. The smallest absolute Gasteiger partial charge is 0.123 e. The maximum Gasteiger partial charge on any atom is 0.123 e. The van der Waals surface area contributed by atoms with Gasteiger partial charge in [0.15, 0.2) is 0 Å². The lowest BCUT2D eigenvalue weighted by Crippen LogP contribution is -2.19. The molecule has 0 saturated heterocycles. The van der Waals surface area contributed by atoms with Gasteiger partial charge in [-0.3, -0.25) is 0 Å². The van der Waals surface area contributed by atoms with Crippen LogP contribution in [0.4, 0.5) is 4.39 Å². The Kier molecular flexibility index (Phi) is 5.15. The van der Waals surface area contributed by atoms with Crippen molar-refractivity contribution in [2.45, 2.75) is 12.5 Å². The molecule has 0 bridgehead atoms. The molecule has 1 atom stereocenters. The molecule has 2 rings (SSSR count). The number of hydrogen-bond acceptors (Lipinski definition) is 2. The van der Waals surface area contributed by atoms with Crippen molar-refractivity contribution in [1.82, 2.24) is 5.32 Å². The summed E-state index contributed by atoms with van der Waals surface area (Å²) in [6.07, 6.45) is 0.792. The molecular formula is C16H17BrFNO. The fourth-order valence-corrected chi connectivity index (χ4v) is 2.54. The van der Waals surface area contributed by atoms with Gasteiger partial charge in [0.2, 0.25) is 0 Å². The lowest BCUT2D eigenvalue weighted by atomic mass is 9.99. The van der Waals surface area contributed by atoms with Crippen molar-refractivity contribution < 1.29 is 9.13 Å². The zero-order chi connectivity index (χ0) is 14.5. The minimum Gasteiger partial charge on any atom is -0.497 e. The van der Waals surface area contributed by atoms with Crippen LogP contribution in [0, 0.1) is 5.82 Å². The monoisotopic (exact) mass is 337 g/mol. The second-order valence-corrected chi connectivity index (χ2v) is 5.41. The molecule has 106 valence electrons. The molecule has 0 aliphatic heterocycles. The minimum atomic E-state index is -0.217. The molecule has 2 nitrogen and oxygen atoms in total. The van der Waals surface area contributed by atoms with Crippen molar-refractivity contribution >= 4 is 15.9 Å². The van der Waals surface area contributed by atoms with E-state index in [4.69, 9.17) is 4.74 Å². The third-order valence-corrected chi connectivity index (χ3v) is 4.07. The average Bonchev–Trinajstić information content (AvgIpc) is 2.47. The Hall–Kier alpha value is -1.39. The predicted molar refractivity (Wildman–Crippen MR) is 82.6 cm³/mol. The van der Waals surface area contributed by atoms with Crippen LogP contribution >= 0.6 is 15.9 Å². The molecule has 0 amide bonds. The maximum atomic E-state index is 13.0. The van der Waals surface area contributed by atoms with E-state index in [1.807, 2.05) is 37.4 Å². The summed E-state index contributed by atoms with van der Waals surface area (Å²) in [5.41, 5.74) is 2.21. The van der Waals surface area contributed by atoms with E-state index in [0.717, 1.165) is 27.8 Å². The number of methoxy groups -OCH3 is 1. The molecule has 0 heterocycles. The first-order valence-corrected chi connectivity index (χ1v) is 7.18. The summed E-state index contributed by atoms with van der Waals surface area (Å²) in [6, 6.07) is 12.6. The zero-order valence-corrected chi connectivity index (χ0v) is 13.1. The number of halogens is 2. The van der Waals surface area contributed by atoms with Gasteiger partial charge in [0.05, 0.1) is 7.11 Å². The van der Waals surface area contributed by atoms with Crippen molar-refractivity contribution in [3.05, 3.63) is 63.9 Å². The molecule has 2 aromatic rings. The van der Waals surface area contributed by atoms with Gasteiger partial charge in [0, 0.05) is 10.5 Å². The fourth-order valence-electron chi connectivity index (χ4n) is 2.14. The highest BCUT2D eigenvalue weighted by molar-refractivity contribution is 9.10. The van der Waals surface area contributed by atoms with E-state index >= 15 is 0 Å². The molecular weight excluding hydrogens is 321 g/mol. The Bertz CT molecular complexity index is 571. The highest BCUT2D eigenvalue weighted by Crippen LogP contribution is 2.27. The van der Waals surface area contributed by atoms with Crippen molar-refractivity contribution in [3.8, 4) is 5.75 Å². The minimum absolute atomic E-state index is 0.124. The van der Waals surface area contributed by atoms with Crippen LogP contribution in [0.5, 0.6) is 5.75 Å². The Balaban J connectivity index is 2.23. The lowest BCUT2D eigenvalue weighted by Gasteiger charge is -2.18. The standard InChI is InChI=1S/C16H17BrFNO/c1-19-16(11-3-5-13(18)6-4-11)10-12-9-14(20-2)7-8-15(12)17/h3-9,16,19H,10H2,1-2H3. The van der Waals surface area contributed by atoms with Gasteiger partial charge in [-0.1, -0.05) is 28.1 Å². The fraction of sp³-hybridized carbons (Fsp3) is 0.250. The van der Waals surface area contributed by atoms with E-state index in [1.54, 1.807) is 7.11 Å². The summed E-state index contributed by atoms with van der Waals surface area (Å²) in [4.78, 5) is 0. The van der Waals surface area contributed by atoms with E-state index in [0.29, 0.717) is 0 Å². The van der Waals surface area contributed by atoms with Gasteiger partial charge in [0.1, 0.15) is 11.6 Å². The SMILES string of the molecule is CNC(Cc1cc(OC)ccc1Br)c1ccc(F)cc1. The van der Waals surface area contributed by atoms with Crippen LogP contribution in [0.3, 0.4) is 0 Å². The van der Waals surface area contributed by atoms with E-state index < -0.39 is 0 Å². The maximum absolute atomic E-state index is 13.0. The van der Waals surface area contributed by atoms with Crippen LogP contribution in [0.15, 0.2) is 46.9 Å². The van der Waals surface area contributed by atoms with E-state index in [-0.39, 0.29) is 11.9 Å². The second-order valence-electron chi connectivity index (χ2n) is 4.55. The number of benzene rings is 2. The average molecular weight is 338 g/mol. The first-order chi connectivity index (χ1) is 9.63. The quantitative estimate of drug-likeness (QED) is 0.886. The topological polar surface area (TPSA) is 21.3 Å². The first kappa shape index (κ1) is 15.0. The Labute approximate surface area is 127 Å². The van der Waals surface area contributed by atoms with Crippen LogP contribution in [-0.2, 0) is 6.42 Å². The molecule has 1 N–H and O–H groups in total. The van der Waals surface area contributed by atoms with Gasteiger partial charge < -0.3 is 10.1 Å². The highest BCUT2D eigenvalue weighted by atomic mass is 79.9. The second kappa shape index (κ2) is 6.86. The molecule has 1 unspecified atom stereocenters. The number of rotatable bonds is 5. The summed E-state index contributed by atoms with van der Waals surface area (Å²) in [6.45, 7) is 0. The van der Waals surface area contributed by atoms with Crippen molar-refractivity contribution in [3.63, 3.8) is 0 Å². The number of hydrogen-bond donors (Lipinski definition) is 1. The van der Waals surface area contributed by atoms with Gasteiger partial charge >= 0.3 is 0 Å². The molecule has 2 aromatic carbocycles. The van der Waals surface area contributed by atoms with Gasteiger partial charge in [-0.05, 0) is 54.9 Å². The van der Waals surface area contributed by atoms with Gasteiger partial charge in [-0.25, -0.2) is 4.39 Å². The van der Waals surface area contributed by atoms with Crippen LogP contribution in [-0.4, -0.2) is 14.2 Å². The Morgan fingerprint density at radius 3 is 2.50 bits per heavy atom. The largest absolute Gasteiger partial charge is 0.497 e. The molecule has 20 heavy (non-hydrogen) atoms. The normalized spacial score (nSPS) is 12.2. The highest BCUT2D eigenvalue weighted by Gasteiger charge is 2.13. The molecule has 4 heteroatoms. The molecule has 0 fully saturated rings. The van der Waals surface area contributed by atoms with Crippen LogP contribution in [0.25, 0.3) is 0 Å². The summed E-state index contributed by atoms with van der Waals surface area (Å²) >= 11 is 3.56. The molecule has 0 radical (unpaired) electrons. The van der Waals surface area contributed by atoms with Crippen LogP contribution < -0.4 is 10.1 Å². The summed E-state index contributed by atoms with van der Waals surface area (Å²) in [5, 5.41) is 3.27. The summed E-state index contributed by atoms with van der Waals surface area (Å²) in [5.74, 6) is 0.614. The number of likely N-dealkylation sites (N-methyl/N-ethyl adjacent to an activating group) is 1. The van der Waals surface area contributed by atoms with E-state index in [9.17, 15) is 4.39 Å². The van der Waals surface area contributed by atoms with Crippen molar-refractivity contribution in [2.75, 3.05) is 14.2 Å². The van der Waals surface area contributed by atoms with Gasteiger partial charge in [-0.2, -0.15) is 0 Å².